The number of para-hydroxylation sites is 1. The summed E-state index contributed by atoms with van der Waals surface area (Å²) in [7, 11) is 1.74. The van der Waals surface area contributed by atoms with Crippen LogP contribution in [0.2, 0.25) is 0 Å². The minimum Gasteiger partial charge on any atom is -0.493 e. The van der Waals surface area contributed by atoms with E-state index in [2.05, 4.69) is 26.0 Å². The van der Waals surface area contributed by atoms with Crippen molar-refractivity contribution in [1.29, 1.82) is 0 Å². The van der Waals surface area contributed by atoms with Gasteiger partial charge in [-0.2, -0.15) is 10.1 Å². The van der Waals surface area contributed by atoms with E-state index in [1.807, 2.05) is 6.92 Å². The second-order valence-electron chi connectivity index (χ2n) is 6.60. The molecule has 0 atom stereocenters. The number of anilines is 1. The number of nitrogens with zero attached hydrogens (tertiary/aromatic N) is 3. The monoisotopic (exact) mass is 422 g/mol. The molecule has 158 valence electrons. The van der Waals surface area contributed by atoms with Crippen LogP contribution < -0.4 is 20.7 Å². The highest BCUT2D eigenvalue weighted by atomic mass is 35.5. The standard InChI is InChI=1S/C19H26N6O3.ClH/c1-3-28-15-7-5-4-6-14(15)18(27)21-12-16(26)22-19-23-17(24-25(19)2)13-8-10-20-11-9-13;/h4-7,13,20H,3,8-12H2,1-2H3,(H,21,27)(H,22,23,24,26);1H. The summed E-state index contributed by atoms with van der Waals surface area (Å²) in [6.45, 7) is 4.02. The molecule has 29 heavy (non-hydrogen) atoms. The molecule has 1 aromatic carbocycles. The molecule has 0 radical (unpaired) electrons. The molecular formula is C19H27ClN6O3. The third-order valence-corrected chi connectivity index (χ3v) is 4.58. The SMILES string of the molecule is CCOc1ccccc1C(=O)NCC(=O)Nc1nc(C2CCNCC2)nn1C.Cl. The van der Waals surface area contributed by atoms with E-state index < -0.39 is 0 Å². The first-order valence-corrected chi connectivity index (χ1v) is 9.50. The second kappa shape index (κ2) is 10.8. The van der Waals surface area contributed by atoms with Crippen LogP contribution in [0, 0.1) is 0 Å². The molecule has 2 aromatic rings. The molecule has 2 amide bonds. The molecule has 1 aliphatic heterocycles. The zero-order chi connectivity index (χ0) is 19.9. The lowest BCUT2D eigenvalue weighted by atomic mass is 9.98. The van der Waals surface area contributed by atoms with E-state index in [1.54, 1.807) is 36.0 Å². The first-order valence-electron chi connectivity index (χ1n) is 9.50. The summed E-state index contributed by atoms with van der Waals surface area (Å²) in [5.41, 5.74) is 0.393. The van der Waals surface area contributed by atoms with Gasteiger partial charge in [-0.05, 0) is 45.0 Å². The molecule has 3 rings (SSSR count). The van der Waals surface area contributed by atoms with Gasteiger partial charge in [0.2, 0.25) is 11.9 Å². The van der Waals surface area contributed by atoms with Crippen molar-refractivity contribution in [2.24, 2.45) is 7.05 Å². The number of ether oxygens (including phenoxy) is 1. The van der Waals surface area contributed by atoms with E-state index in [-0.39, 0.29) is 30.8 Å². The summed E-state index contributed by atoms with van der Waals surface area (Å²) in [5.74, 6) is 1.18. The molecule has 0 saturated carbocycles. The molecule has 2 heterocycles. The Kier molecular flexibility index (Phi) is 8.41. The summed E-state index contributed by atoms with van der Waals surface area (Å²) in [6.07, 6.45) is 1.96. The molecule has 3 N–H and O–H groups in total. The fourth-order valence-corrected chi connectivity index (χ4v) is 3.13. The Morgan fingerprint density at radius 3 is 2.72 bits per heavy atom. The zero-order valence-corrected chi connectivity index (χ0v) is 17.4. The summed E-state index contributed by atoms with van der Waals surface area (Å²) in [5, 5.41) is 13.0. The van der Waals surface area contributed by atoms with Crippen LogP contribution in [0.5, 0.6) is 5.75 Å². The molecular weight excluding hydrogens is 396 g/mol. The minimum absolute atomic E-state index is 0. The maximum Gasteiger partial charge on any atom is 0.255 e. The summed E-state index contributed by atoms with van der Waals surface area (Å²) >= 11 is 0. The number of aryl methyl sites for hydroxylation is 1. The van der Waals surface area contributed by atoms with Gasteiger partial charge in [0.05, 0.1) is 18.7 Å². The number of nitrogens with one attached hydrogen (secondary N) is 3. The molecule has 0 aliphatic carbocycles. The number of hydrogen-bond donors (Lipinski definition) is 3. The second-order valence-corrected chi connectivity index (χ2v) is 6.60. The molecule has 9 nitrogen and oxygen atoms in total. The van der Waals surface area contributed by atoms with Crippen LogP contribution in [0.4, 0.5) is 5.95 Å². The lowest BCUT2D eigenvalue weighted by Gasteiger charge is -2.19. The maximum absolute atomic E-state index is 12.4. The lowest BCUT2D eigenvalue weighted by molar-refractivity contribution is -0.115. The van der Waals surface area contributed by atoms with E-state index in [0.717, 1.165) is 31.8 Å². The number of halogens is 1. The highest BCUT2D eigenvalue weighted by Crippen LogP contribution is 2.23. The van der Waals surface area contributed by atoms with Crippen LogP contribution in [0.25, 0.3) is 0 Å². The van der Waals surface area contributed by atoms with Crippen LogP contribution in [0.3, 0.4) is 0 Å². The van der Waals surface area contributed by atoms with Crippen LogP contribution >= 0.6 is 12.4 Å². The Hall–Kier alpha value is -2.65. The maximum atomic E-state index is 12.4. The van der Waals surface area contributed by atoms with Crippen LogP contribution in [-0.4, -0.2) is 52.8 Å². The number of carbonyl (C=O) groups excluding carboxylic acids is 2. The Labute approximate surface area is 176 Å². The Morgan fingerprint density at radius 1 is 1.28 bits per heavy atom. The molecule has 10 heteroatoms. The van der Waals surface area contributed by atoms with E-state index in [4.69, 9.17) is 4.74 Å². The molecule has 1 aliphatic rings. The van der Waals surface area contributed by atoms with Crippen molar-refractivity contribution in [1.82, 2.24) is 25.4 Å². The predicted octanol–water partition coefficient (Wildman–Crippen LogP) is 1.47. The molecule has 1 fully saturated rings. The average Bonchev–Trinajstić information content (AvgIpc) is 3.08. The molecule has 0 unspecified atom stereocenters. The number of aromatic nitrogens is 3. The summed E-state index contributed by atoms with van der Waals surface area (Å²) in [6, 6.07) is 6.93. The topological polar surface area (TPSA) is 110 Å². The smallest absolute Gasteiger partial charge is 0.255 e. The van der Waals surface area contributed by atoms with Gasteiger partial charge in [0.25, 0.3) is 5.91 Å². The van der Waals surface area contributed by atoms with Crippen LogP contribution in [0.1, 0.15) is 41.9 Å². The Morgan fingerprint density at radius 2 is 2.00 bits per heavy atom. The summed E-state index contributed by atoms with van der Waals surface area (Å²) in [4.78, 5) is 29.1. The van der Waals surface area contributed by atoms with Gasteiger partial charge in [0, 0.05) is 13.0 Å². The van der Waals surface area contributed by atoms with Gasteiger partial charge in [-0.1, -0.05) is 12.1 Å². The van der Waals surface area contributed by atoms with Gasteiger partial charge >= 0.3 is 0 Å². The average molecular weight is 423 g/mol. The Bertz CT molecular complexity index is 835. The Balaban J connectivity index is 0.00000300. The molecule has 0 spiro atoms. The van der Waals surface area contributed by atoms with E-state index in [9.17, 15) is 9.59 Å². The highest BCUT2D eigenvalue weighted by Gasteiger charge is 2.21. The van der Waals surface area contributed by atoms with E-state index in [0.29, 0.717) is 29.8 Å². The van der Waals surface area contributed by atoms with Crippen molar-refractivity contribution < 1.29 is 14.3 Å². The third-order valence-electron chi connectivity index (χ3n) is 4.58. The highest BCUT2D eigenvalue weighted by molar-refractivity contribution is 6.00. The van der Waals surface area contributed by atoms with Crippen molar-refractivity contribution in [2.75, 3.05) is 31.6 Å². The van der Waals surface area contributed by atoms with E-state index >= 15 is 0 Å². The van der Waals surface area contributed by atoms with Gasteiger partial charge in [0.1, 0.15) is 5.75 Å². The fraction of sp³-hybridized carbons (Fsp3) is 0.474. The summed E-state index contributed by atoms with van der Waals surface area (Å²) < 4.78 is 7.01. The van der Waals surface area contributed by atoms with Gasteiger partial charge in [-0.25, -0.2) is 4.68 Å². The van der Waals surface area contributed by atoms with Gasteiger partial charge < -0.3 is 15.4 Å². The van der Waals surface area contributed by atoms with Crippen LogP contribution in [-0.2, 0) is 11.8 Å². The van der Waals surface area contributed by atoms with Crippen LogP contribution in [0.15, 0.2) is 24.3 Å². The number of carbonyl (C=O) groups is 2. The first kappa shape index (κ1) is 22.6. The van der Waals surface area contributed by atoms with Gasteiger partial charge in [-0.3, -0.25) is 14.9 Å². The van der Waals surface area contributed by atoms with Gasteiger partial charge in [0.15, 0.2) is 5.82 Å². The number of amides is 2. The van der Waals surface area contributed by atoms with Crippen molar-refractivity contribution in [3.63, 3.8) is 0 Å². The normalized spacial score (nSPS) is 14.0. The lowest BCUT2D eigenvalue weighted by Crippen LogP contribution is -2.33. The number of benzene rings is 1. The van der Waals surface area contributed by atoms with Crippen molar-refractivity contribution >= 4 is 30.2 Å². The van der Waals surface area contributed by atoms with Crippen molar-refractivity contribution in [3.05, 3.63) is 35.7 Å². The largest absolute Gasteiger partial charge is 0.493 e. The van der Waals surface area contributed by atoms with Gasteiger partial charge in [-0.15, -0.1) is 12.4 Å². The molecule has 1 aromatic heterocycles. The number of hydrogen-bond acceptors (Lipinski definition) is 6. The van der Waals surface area contributed by atoms with Crippen molar-refractivity contribution in [2.45, 2.75) is 25.7 Å². The third kappa shape index (κ3) is 5.91. The number of rotatable bonds is 7. The fourth-order valence-electron chi connectivity index (χ4n) is 3.13. The number of piperidine rings is 1. The first-order chi connectivity index (χ1) is 13.6. The predicted molar refractivity (Wildman–Crippen MR) is 112 cm³/mol. The zero-order valence-electron chi connectivity index (χ0n) is 16.6. The molecule has 0 bridgehead atoms. The minimum atomic E-state index is -0.368. The van der Waals surface area contributed by atoms with E-state index in [1.165, 1.54) is 0 Å². The van der Waals surface area contributed by atoms with Crippen molar-refractivity contribution in [3.8, 4) is 5.75 Å². The quantitative estimate of drug-likeness (QED) is 0.623. The molecule has 1 saturated heterocycles.